The molecule has 0 aromatic heterocycles. The molecule has 1 saturated heterocycles. The van der Waals surface area contributed by atoms with Crippen molar-refractivity contribution in [1.29, 1.82) is 0 Å². The zero-order valence-corrected chi connectivity index (χ0v) is 6.84. The third-order valence-corrected chi connectivity index (χ3v) is 1.23. The van der Waals surface area contributed by atoms with Crippen LogP contribution in [0.25, 0.3) is 0 Å². The number of morpholine rings is 1. The maximum absolute atomic E-state index is 7.57. The van der Waals surface area contributed by atoms with E-state index in [1.807, 2.05) is 0 Å². The number of aliphatic hydroxyl groups is 1. The first kappa shape index (κ1) is 9.88. The highest BCUT2D eigenvalue weighted by atomic mass is 16.5. The molecule has 62 valence electrons. The first-order valence-corrected chi connectivity index (χ1v) is 3.68. The Balaban J connectivity index is 0.000000236. The Morgan fingerprint density at radius 2 is 1.80 bits per heavy atom. The van der Waals surface area contributed by atoms with E-state index in [0.29, 0.717) is 0 Å². The molecule has 0 aliphatic carbocycles. The second-order valence-corrected chi connectivity index (χ2v) is 2.23. The monoisotopic (exact) mass is 147 g/mol. The molecule has 0 aromatic carbocycles. The van der Waals surface area contributed by atoms with Gasteiger partial charge in [0.15, 0.2) is 0 Å². The highest BCUT2D eigenvalue weighted by molar-refractivity contribution is 4.53. The summed E-state index contributed by atoms with van der Waals surface area (Å²) < 4.78 is 5.10. The van der Waals surface area contributed by atoms with Gasteiger partial charge in [0.2, 0.25) is 0 Å². The lowest BCUT2D eigenvalue weighted by Gasteiger charge is -2.21. The van der Waals surface area contributed by atoms with Gasteiger partial charge in [-0.2, -0.15) is 0 Å². The van der Waals surface area contributed by atoms with Crippen LogP contribution in [0, 0.1) is 0 Å². The topological polar surface area (TPSA) is 32.7 Å². The molecular formula is C7H17NO2. The van der Waals surface area contributed by atoms with Crippen LogP contribution in [0.3, 0.4) is 0 Å². The highest BCUT2D eigenvalue weighted by Gasteiger charge is 2.02. The number of nitrogens with zero attached hydrogens (tertiary/aromatic N) is 1. The molecular weight excluding hydrogens is 130 g/mol. The molecule has 1 fully saturated rings. The van der Waals surface area contributed by atoms with Crippen molar-refractivity contribution < 1.29 is 9.84 Å². The molecule has 0 saturated carbocycles. The van der Waals surface area contributed by atoms with E-state index in [2.05, 4.69) is 11.9 Å². The van der Waals surface area contributed by atoms with E-state index in [1.54, 1.807) is 6.92 Å². The second-order valence-electron chi connectivity index (χ2n) is 2.23. The molecule has 10 heavy (non-hydrogen) atoms. The van der Waals surface area contributed by atoms with E-state index in [4.69, 9.17) is 9.84 Å². The summed E-state index contributed by atoms with van der Waals surface area (Å²) in [4.78, 5) is 2.27. The van der Waals surface area contributed by atoms with Crippen molar-refractivity contribution in [3.05, 3.63) is 0 Å². The van der Waals surface area contributed by atoms with Gasteiger partial charge in [-0.3, -0.25) is 0 Å². The largest absolute Gasteiger partial charge is 0.397 e. The molecule has 1 aliphatic heterocycles. The van der Waals surface area contributed by atoms with Crippen LogP contribution in [0.5, 0.6) is 0 Å². The Kier molecular flexibility index (Phi) is 6.91. The molecule has 0 radical (unpaired) electrons. The van der Waals surface area contributed by atoms with Crippen molar-refractivity contribution in [2.24, 2.45) is 0 Å². The zero-order valence-electron chi connectivity index (χ0n) is 6.84. The van der Waals surface area contributed by atoms with E-state index in [9.17, 15) is 0 Å². The molecule has 1 rings (SSSR count). The fraction of sp³-hybridized carbons (Fsp3) is 1.00. The normalized spacial score (nSPS) is 19.5. The SMILES string of the molecule is CCO.CN1CCOCC1. The van der Waals surface area contributed by atoms with Crippen LogP contribution in [-0.4, -0.2) is 50.0 Å². The summed E-state index contributed by atoms with van der Waals surface area (Å²) in [7, 11) is 2.11. The Morgan fingerprint density at radius 1 is 1.40 bits per heavy atom. The third kappa shape index (κ3) is 6.01. The number of hydrogen-bond donors (Lipinski definition) is 1. The van der Waals surface area contributed by atoms with Gasteiger partial charge < -0.3 is 14.7 Å². The summed E-state index contributed by atoms with van der Waals surface area (Å²) in [5, 5.41) is 7.57. The third-order valence-electron chi connectivity index (χ3n) is 1.23. The number of aliphatic hydroxyl groups excluding tert-OH is 1. The quantitative estimate of drug-likeness (QED) is 0.521. The van der Waals surface area contributed by atoms with Crippen LogP contribution >= 0.6 is 0 Å². The van der Waals surface area contributed by atoms with Gasteiger partial charge in [-0.05, 0) is 14.0 Å². The molecule has 0 amide bonds. The van der Waals surface area contributed by atoms with Crippen LogP contribution in [0.15, 0.2) is 0 Å². The Hall–Kier alpha value is -0.120. The number of hydrogen-bond acceptors (Lipinski definition) is 3. The molecule has 0 unspecified atom stereocenters. The van der Waals surface area contributed by atoms with Crippen LogP contribution in [0.2, 0.25) is 0 Å². The summed E-state index contributed by atoms with van der Waals surface area (Å²) in [6, 6.07) is 0. The molecule has 3 heteroatoms. The summed E-state index contributed by atoms with van der Waals surface area (Å²) in [6.45, 7) is 5.95. The summed E-state index contributed by atoms with van der Waals surface area (Å²) in [5.74, 6) is 0. The van der Waals surface area contributed by atoms with Gasteiger partial charge in [0.05, 0.1) is 13.2 Å². The fourth-order valence-corrected chi connectivity index (χ4v) is 0.655. The molecule has 3 nitrogen and oxygen atoms in total. The Labute approximate surface area is 62.6 Å². The minimum atomic E-state index is 0.250. The molecule has 1 heterocycles. The van der Waals surface area contributed by atoms with E-state index >= 15 is 0 Å². The lowest BCUT2D eigenvalue weighted by atomic mass is 10.5. The van der Waals surface area contributed by atoms with Gasteiger partial charge in [-0.1, -0.05) is 0 Å². The number of likely N-dealkylation sites (N-methyl/N-ethyl adjacent to an activating group) is 1. The van der Waals surface area contributed by atoms with Gasteiger partial charge in [-0.15, -0.1) is 0 Å². The smallest absolute Gasteiger partial charge is 0.0594 e. The predicted molar refractivity (Wildman–Crippen MR) is 41.1 cm³/mol. The van der Waals surface area contributed by atoms with E-state index in [0.717, 1.165) is 26.3 Å². The molecule has 0 bridgehead atoms. The summed E-state index contributed by atoms with van der Waals surface area (Å²) in [6.07, 6.45) is 0. The molecule has 0 aromatic rings. The van der Waals surface area contributed by atoms with Gasteiger partial charge in [0.25, 0.3) is 0 Å². The van der Waals surface area contributed by atoms with Crippen molar-refractivity contribution in [1.82, 2.24) is 4.90 Å². The van der Waals surface area contributed by atoms with Crippen LogP contribution in [0.4, 0.5) is 0 Å². The Bertz CT molecular complexity index is 62.6. The van der Waals surface area contributed by atoms with Crippen LogP contribution in [0.1, 0.15) is 6.92 Å². The van der Waals surface area contributed by atoms with Gasteiger partial charge in [0.1, 0.15) is 0 Å². The van der Waals surface area contributed by atoms with Crippen molar-refractivity contribution in [3.63, 3.8) is 0 Å². The van der Waals surface area contributed by atoms with Gasteiger partial charge in [-0.25, -0.2) is 0 Å². The average molecular weight is 147 g/mol. The van der Waals surface area contributed by atoms with E-state index in [-0.39, 0.29) is 6.61 Å². The lowest BCUT2D eigenvalue weighted by molar-refractivity contribution is 0.0503. The van der Waals surface area contributed by atoms with E-state index < -0.39 is 0 Å². The molecule has 0 spiro atoms. The fourth-order valence-electron chi connectivity index (χ4n) is 0.655. The van der Waals surface area contributed by atoms with Crippen molar-refractivity contribution in [2.75, 3.05) is 40.0 Å². The summed E-state index contributed by atoms with van der Waals surface area (Å²) in [5.41, 5.74) is 0. The average Bonchev–Trinajstić information content (AvgIpc) is 1.91. The summed E-state index contributed by atoms with van der Waals surface area (Å²) >= 11 is 0. The van der Waals surface area contributed by atoms with E-state index in [1.165, 1.54) is 0 Å². The van der Waals surface area contributed by atoms with Crippen molar-refractivity contribution in [2.45, 2.75) is 6.92 Å². The molecule has 1 aliphatic rings. The minimum absolute atomic E-state index is 0.250. The van der Waals surface area contributed by atoms with Crippen LogP contribution in [-0.2, 0) is 4.74 Å². The maximum Gasteiger partial charge on any atom is 0.0594 e. The predicted octanol–water partition coefficient (Wildman–Crippen LogP) is -0.0530. The molecule has 1 N–H and O–H groups in total. The number of ether oxygens (including phenoxy) is 1. The minimum Gasteiger partial charge on any atom is -0.397 e. The highest BCUT2D eigenvalue weighted by Crippen LogP contribution is 1.89. The van der Waals surface area contributed by atoms with Gasteiger partial charge in [0, 0.05) is 19.7 Å². The van der Waals surface area contributed by atoms with Gasteiger partial charge >= 0.3 is 0 Å². The maximum atomic E-state index is 7.57. The zero-order chi connectivity index (χ0) is 7.82. The van der Waals surface area contributed by atoms with Crippen molar-refractivity contribution >= 4 is 0 Å². The lowest BCUT2D eigenvalue weighted by Crippen LogP contribution is -2.32. The second kappa shape index (κ2) is 6.99. The first-order valence-electron chi connectivity index (χ1n) is 3.68. The molecule has 0 atom stereocenters. The van der Waals surface area contributed by atoms with Crippen LogP contribution < -0.4 is 0 Å². The standard InChI is InChI=1S/C5H11NO.C2H6O/c1-6-2-4-7-5-3-6;1-2-3/h2-5H2,1H3;3H,2H2,1H3. The van der Waals surface area contributed by atoms with Crippen molar-refractivity contribution in [3.8, 4) is 0 Å². The first-order chi connectivity index (χ1) is 4.81. The number of rotatable bonds is 0. The Morgan fingerprint density at radius 3 is 2.00 bits per heavy atom.